The molecule has 120 valence electrons. The van der Waals surface area contributed by atoms with Crippen molar-refractivity contribution in [2.45, 2.75) is 26.0 Å². The molecule has 5 heteroatoms. The topological polar surface area (TPSA) is 67.6 Å². The molecule has 1 aliphatic rings. The third kappa shape index (κ3) is 3.23. The lowest BCUT2D eigenvalue weighted by Gasteiger charge is -2.38. The molecule has 5 nitrogen and oxygen atoms in total. The molecule has 2 atom stereocenters. The van der Waals surface area contributed by atoms with E-state index in [2.05, 4.69) is 10.2 Å². The van der Waals surface area contributed by atoms with Crippen molar-refractivity contribution >= 4 is 23.0 Å². The second-order valence-corrected chi connectivity index (χ2v) is 5.84. The number of benzene rings is 2. The molecule has 0 radical (unpaired) electrons. The lowest BCUT2D eigenvalue weighted by Crippen LogP contribution is -2.48. The molecule has 1 aliphatic heterocycles. The smallest absolute Gasteiger partial charge is 0.246 e. The predicted octanol–water partition coefficient (Wildman–Crippen LogP) is 2.88. The highest BCUT2D eigenvalue weighted by Gasteiger charge is 2.30. The number of carbonyl (C=O) groups is 1. The van der Waals surface area contributed by atoms with Gasteiger partial charge in [0.1, 0.15) is 17.9 Å². The third-order valence-electron chi connectivity index (χ3n) is 3.96. The molecule has 3 rings (SSSR count). The number of nitrogen functional groups attached to an aromatic ring is 1. The molecule has 0 saturated heterocycles. The van der Waals surface area contributed by atoms with Crippen molar-refractivity contribution in [2.24, 2.45) is 0 Å². The first-order chi connectivity index (χ1) is 11.0. The predicted molar refractivity (Wildman–Crippen MR) is 92.8 cm³/mol. The van der Waals surface area contributed by atoms with Crippen molar-refractivity contribution in [1.82, 2.24) is 0 Å². The normalized spacial score (nSPS) is 17.8. The fourth-order valence-corrected chi connectivity index (χ4v) is 2.77. The van der Waals surface area contributed by atoms with Gasteiger partial charge in [0.25, 0.3) is 0 Å². The zero-order chi connectivity index (χ0) is 16.4. The maximum atomic E-state index is 12.6. The van der Waals surface area contributed by atoms with Gasteiger partial charge in [0, 0.05) is 17.4 Å². The van der Waals surface area contributed by atoms with Gasteiger partial charge in [0.05, 0.1) is 12.2 Å². The molecule has 2 aromatic carbocycles. The largest absolute Gasteiger partial charge is 0.487 e. The molecule has 2 aromatic rings. The molecule has 0 saturated carbocycles. The van der Waals surface area contributed by atoms with E-state index in [-0.39, 0.29) is 18.1 Å². The maximum absolute atomic E-state index is 12.6. The fraction of sp³-hybridized carbons (Fsp3) is 0.278. The van der Waals surface area contributed by atoms with E-state index >= 15 is 0 Å². The van der Waals surface area contributed by atoms with Crippen LogP contribution in [0.5, 0.6) is 5.75 Å². The number of anilines is 3. The Labute approximate surface area is 136 Å². The summed E-state index contributed by atoms with van der Waals surface area (Å²) >= 11 is 0. The van der Waals surface area contributed by atoms with Gasteiger partial charge in [0.2, 0.25) is 5.91 Å². The number of amides is 1. The average Bonchev–Trinajstić information content (AvgIpc) is 2.53. The first-order valence-electron chi connectivity index (χ1n) is 7.73. The summed E-state index contributed by atoms with van der Waals surface area (Å²) in [6.45, 7) is 4.54. The minimum absolute atomic E-state index is 0.00345. The van der Waals surface area contributed by atoms with Crippen molar-refractivity contribution in [3.8, 4) is 5.75 Å². The molecule has 2 unspecified atom stereocenters. The Balaban J connectivity index is 1.82. The van der Waals surface area contributed by atoms with E-state index in [1.165, 1.54) is 0 Å². The number of nitrogens with one attached hydrogen (secondary N) is 1. The number of carbonyl (C=O) groups excluding carboxylic acids is 1. The van der Waals surface area contributed by atoms with Crippen molar-refractivity contribution in [1.29, 1.82) is 0 Å². The molecule has 1 amide bonds. The van der Waals surface area contributed by atoms with Crippen LogP contribution in [0.2, 0.25) is 0 Å². The van der Waals surface area contributed by atoms with E-state index in [4.69, 9.17) is 10.5 Å². The summed E-state index contributed by atoms with van der Waals surface area (Å²) in [7, 11) is 0. The number of rotatable bonds is 3. The standard InChI is InChI=1S/C18H21N3O2/c1-12-11-21(16-9-8-14(19)10-17(16)23-12)13(2)18(22)20-15-6-4-3-5-7-15/h3-10,12-13H,11,19H2,1-2H3,(H,20,22). The monoisotopic (exact) mass is 311 g/mol. The van der Waals surface area contributed by atoms with Crippen LogP contribution in [-0.2, 0) is 4.79 Å². The number of nitrogens with two attached hydrogens (primary N) is 1. The zero-order valence-electron chi connectivity index (χ0n) is 13.3. The lowest BCUT2D eigenvalue weighted by atomic mass is 10.1. The van der Waals surface area contributed by atoms with Gasteiger partial charge in [-0.2, -0.15) is 0 Å². The SMILES string of the molecule is CC1CN(C(C)C(=O)Nc2ccccc2)c2ccc(N)cc2O1. The number of ether oxygens (including phenoxy) is 1. The number of para-hydroxylation sites is 1. The van der Waals surface area contributed by atoms with E-state index < -0.39 is 0 Å². The summed E-state index contributed by atoms with van der Waals surface area (Å²) in [6.07, 6.45) is -0.00345. The second kappa shape index (κ2) is 6.20. The minimum Gasteiger partial charge on any atom is -0.487 e. The number of hydrogen-bond donors (Lipinski definition) is 2. The zero-order valence-corrected chi connectivity index (χ0v) is 13.3. The quantitative estimate of drug-likeness (QED) is 0.855. The second-order valence-electron chi connectivity index (χ2n) is 5.84. The van der Waals surface area contributed by atoms with Crippen LogP contribution >= 0.6 is 0 Å². The van der Waals surface area contributed by atoms with E-state index in [0.29, 0.717) is 12.2 Å². The van der Waals surface area contributed by atoms with Crippen molar-refractivity contribution in [3.05, 3.63) is 48.5 Å². The Morgan fingerprint density at radius 3 is 2.78 bits per heavy atom. The third-order valence-corrected chi connectivity index (χ3v) is 3.96. The van der Waals surface area contributed by atoms with Crippen molar-refractivity contribution < 1.29 is 9.53 Å². The summed E-state index contributed by atoms with van der Waals surface area (Å²) in [5.74, 6) is 0.677. The molecule has 0 bridgehead atoms. The van der Waals surface area contributed by atoms with Crippen molar-refractivity contribution in [2.75, 3.05) is 22.5 Å². The molecule has 0 aliphatic carbocycles. The summed E-state index contributed by atoms with van der Waals surface area (Å²) in [6, 6.07) is 14.7. The highest BCUT2D eigenvalue weighted by atomic mass is 16.5. The van der Waals surface area contributed by atoms with Gasteiger partial charge in [-0.25, -0.2) is 0 Å². The molecule has 0 aromatic heterocycles. The first-order valence-corrected chi connectivity index (χ1v) is 7.73. The number of fused-ring (bicyclic) bond motifs is 1. The molecular weight excluding hydrogens is 290 g/mol. The van der Waals surface area contributed by atoms with Crippen LogP contribution in [0.1, 0.15) is 13.8 Å². The Bertz CT molecular complexity index is 703. The maximum Gasteiger partial charge on any atom is 0.246 e. The van der Waals surface area contributed by atoms with Gasteiger partial charge >= 0.3 is 0 Å². The molecule has 1 heterocycles. The van der Waals surface area contributed by atoms with Crippen LogP contribution in [0.3, 0.4) is 0 Å². The van der Waals surface area contributed by atoms with Gasteiger partial charge in [-0.1, -0.05) is 18.2 Å². The van der Waals surface area contributed by atoms with E-state index in [0.717, 1.165) is 17.1 Å². The summed E-state index contributed by atoms with van der Waals surface area (Å²) < 4.78 is 5.84. The van der Waals surface area contributed by atoms with Crippen LogP contribution in [0, 0.1) is 0 Å². The number of nitrogens with zero attached hydrogens (tertiary/aromatic N) is 1. The molecule has 0 fully saturated rings. The minimum atomic E-state index is -0.316. The van der Waals surface area contributed by atoms with Gasteiger partial charge in [0.15, 0.2) is 0 Å². The molecule has 0 spiro atoms. The summed E-state index contributed by atoms with van der Waals surface area (Å²) in [5, 5.41) is 2.95. The van der Waals surface area contributed by atoms with Gasteiger partial charge in [-0.15, -0.1) is 0 Å². The number of hydrogen-bond acceptors (Lipinski definition) is 4. The van der Waals surface area contributed by atoms with Crippen LogP contribution in [0.15, 0.2) is 48.5 Å². The fourth-order valence-electron chi connectivity index (χ4n) is 2.77. The molecule has 3 N–H and O–H groups in total. The van der Waals surface area contributed by atoms with E-state index in [9.17, 15) is 4.79 Å². The Kier molecular flexibility index (Phi) is 4.10. The van der Waals surface area contributed by atoms with E-state index in [1.807, 2.05) is 56.3 Å². The van der Waals surface area contributed by atoms with Crippen LogP contribution in [0.25, 0.3) is 0 Å². The molecule has 23 heavy (non-hydrogen) atoms. The Hall–Kier alpha value is -2.69. The van der Waals surface area contributed by atoms with Crippen LogP contribution in [-0.4, -0.2) is 24.6 Å². The van der Waals surface area contributed by atoms with E-state index in [1.54, 1.807) is 6.07 Å². The first kappa shape index (κ1) is 15.2. The van der Waals surface area contributed by atoms with Gasteiger partial charge in [-0.05, 0) is 38.1 Å². The highest BCUT2D eigenvalue weighted by Crippen LogP contribution is 2.36. The van der Waals surface area contributed by atoms with Crippen LogP contribution in [0.4, 0.5) is 17.1 Å². The Morgan fingerprint density at radius 1 is 1.30 bits per heavy atom. The highest BCUT2D eigenvalue weighted by molar-refractivity contribution is 5.97. The molecular formula is C18H21N3O2. The average molecular weight is 311 g/mol. The van der Waals surface area contributed by atoms with Crippen LogP contribution < -0.4 is 20.7 Å². The summed E-state index contributed by atoms with van der Waals surface area (Å²) in [5.41, 5.74) is 8.18. The van der Waals surface area contributed by atoms with Gasteiger partial charge < -0.3 is 20.7 Å². The van der Waals surface area contributed by atoms with Gasteiger partial charge in [-0.3, -0.25) is 4.79 Å². The summed E-state index contributed by atoms with van der Waals surface area (Å²) in [4.78, 5) is 14.6. The van der Waals surface area contributed by atoms with Crippen molar-refractivity contribution in [3.63, 3.8) is 0 Å². The lowest BCUT2D eigenvalue weighted by molar-refractivity contribution is -0.117. The Morgan fingerprint density at radius 2 is 2.04 bits per heavy atom.